The van der Waals surface area contributed by atoms with Crippen LogP contribution < -0.4 is 14.7 Å². The van der Waals surface area contributed by atoms with Gasteiger partial charge in [0.1, 0.15) is 12.3 Å². The Morgan fingerprint density at radius 1 is 1.24 bits per heavy atom. The molecule has 0 radical (unpaired) electrons. The molecule has 0 aliphatic carbocycles. The van der Waals surface area contributed by atoms with Crippen LogP contribution in [0.2, 0.25) is 0 Å². The molecule has 2 aromatic rings. The third kappa shape index (κ3) is 7.32. The first kappa shape index (κ1) is 18.9. The van der Waals surface area contributed by atoms with E-state index in [2.05, 4.69) is 10.5 Å². The third-order valence-corrected chi connectivity index (χ3v) is 4.25. The van der Waals surface area contributed by atoms with Gasteiger partial charge in [0.15, 0.2) is 12.4 Å². The van der Waals surface area contributed by atoms with Gasteiger partial charge in [0.05, 0.1) is 30.3 Å². The number of pyridine rings is 1. The van der Waals surface area contributed by atoms with Crippen LogP contribution in [0.25, 0.3) is 0 Å². The first-order valence-electron chi connectivity index (χ1n) is 7.84. The van der Waals surface area contributed by atoms with Crippen LogP contribution in [0.3, 0.4) is 0 Å². The molecule has 2 rings (SSSR count). The summed E-state index contributed by atoms with van der Waals surface area (Å²) in [4.78, 5) is 0. The molecule has 0 aliphatic rings. The van der Waals surface area contributed by atoms with Crippen LogP contribution in [0.5, 0.6) is 5.75 Å². The lowest BCUT2D eigenvalue weighted by Gasteiger charge is -2.02. The van der Waals surface area contributed by atoms with Gasteiger partial charge in [0.2, 0.25) is 0 Å². The molecule has 8 heteroatoms. The fraction of sp³-hybridized carbons (Fsp3) is 0.294. The summed E-state index contributed by atoms with van der Waals surface area (Å²) in [6, 6.07) is 11.3. The summed E-state index contributed by atoms with van der Waals surface area (Å²) in [5, 5.41) is 4.20. The van der Waals surface area contributed by atoms with Gasteiger partial charge in [0.25, 0.3) is 10.1 Å². The van der Waals surface area contributed by atoms with E-state index in [0.717, 1.165) is 17.0 Å². The van der Waals surface area contributed by atoms with Crippen LogP contribution in [0.15, 0.2) is 53.9 Å². The predicted octanol–water partition coefficient (Wildman–Crippen LogP) is 2.10. The highest BCUT2D eigenvalue weighted by molar-refractivity contribution is 7.85. The zero-order valence-corrected chi connectivity index (χ0v) is 14.8. The molecule has 0 atom stereocenters. The summed E-state index contributed by atoms with van der Waals surface area (Å²) in [6.07, 6.45) is 6.62. The van der Waals surface area contributed by atoms with Crippen molar-refractivity contribution in [2.45, 2.75) is 19.4 Å². The summed E-state index contributed by atoms with van der Waals surface area (Å²) >= 11 is 0. The quantitative estimate of drug-likeness (QED) is 0.234. The lowest BCUT2D eigenvalue weighted by Crippen LogP contribution is -2.33. The van der Waals surface area contributed by atoms with Crippen molar-refractivity contribution < 1.29 is 22.3 Å². The van der Waals surface area contributed by atoms with Crippen LogP contribution >= 0.6 is 0 Å². The molecule has 0 amide bonds. The summed E-state index contributed by atoms with van der Waals surface area (Å²) in [7, 11) is -2.26. The van der Waals surface area contributed by atoms with Gasteiger partial charge in [-0.15, -0.1) is 0 Å². The molecule has 0 saturated heterocycles. The van der Waals surface area contributed by atoms with Crippen LogP contribution in [-0.4, -0.2) is 32.0 Å². The summed E-state index contributed by atoms with van der Waals surface area (Å²) < 4.78 is 37.1. The van der Waals surface area contributed by atoms with Gasteiger partial charge in [-0.25, -0.2) is 4.57 Å². The molecule has 0 spiro atoms. The molecule has 1 aromatic carbocycles. The second-order valence-corrected chi connectivity index (χ2v) is 7.04. The number of hydrogen-bond acceptors (Lipinski definition) is 5. The average Bonchev–Trinajstić information content (AvgIpc) is 2.59. The van der Waals surface area contributed by atoms with E-state index in [1.807, 2.05) is 53.4 Å². The number of ether oxygens (including phenoxy) is 1. The maximum Gasteiger partial charge on any atom is 0.264 e. The van der Waals surface area contributed by atoms with Gasteiger partial charge in [-0.3, -0.25) is 9.98 Å². The van der Waals surface area contributed by atoms with E-state index in [9.17, 15) is 8.42 Å². The lowest BCUT2D eigenvalue weighted by atomic mass is 10.3. The Labute approximate surface area is 147 Å². The molecule has 0 unspecified atom stereocenters. The number of rotatable bonds is 9. The molecule has 134 valence electrons. The summed E-state index contributed by atoms with van der Waals surface area (Å²) in [5.74, 6) is 0.577. The first-order valence-corrected chi connectivity index (χ1v) is 9.44. The lowest BCUT2D eigenvalue weighted by molar-refractivity contribution is -0.697. The Bertz CT molecular complexity index is 805. The zero-order chi connectivity index (χ0) is 18.1. The minimum Gasteiger partial charge on any atom is -0.497 e. The molecule has 0 aliphatic heterocycles. The molecular formula is C17H22N3O4S+. The van der Waals surface area contributed by atoms with E-state index in [4.69, 9.17) is 9.29 Å². The molecular weight excluding hydrogens is 342 g/mol. The Kier molecular flexibility index (Phi) is 6.91. The number of unbranched alkanes of at least 4 members (excludes halogenated alkanes) is 1. The highest BCUT2D eigenvalue weighted by Crippen LogP contribution is 2.14. The van der Waals surface area contributed by atoms with Crippen LogP contribution in [0, 0.1) is 0 Å². The number of nitrogens with one attached hydrogen (secondary N) is 1. The molecule has 0 fully saturated rings. The second-order valence-electron chi connectivity index (χ2n) is 5.47. The van der Waals surface area contributed by atoms with Gasteiger partial charge >= 0.3 is 0 Å². The van der Waals surface area contributed by atoms with Gasteiger partial charge < -0.3 is 4.74 Å². The number of methoxy groups -OCH3 is 1. The van der Waals surface area contributed by atoms with E-state index >= 15 is 0 Å². The standard InChI is InChI=1S/C17H21N3O4S/c1-24-17-8-6-16(7-9-17)19-18-13-15-5-4-11-20(14-15)10-2-3-12-25(21,22)23/h4-9,11,13-14,19H,2-3,10,12H2,1H3/p+1/b18-13+. The Morgan fingerprint density at radius 3 is 2.68 bits per heavy atom. The molecule has 25 heavy (non-hydrogen) atoms. The maximum atomic E-state index is 10.7. The van der Waals surface area contributed by atoms with E-state index in [1.54, 1.807) is 13.3 Å². The molecule has 0 saturated carbocycles. The molecule has 1 aromatic heterocycles. The van der Waals surface area contributed by atoms with Crippen molar-refractivity contribution in [3.63, 3.8) is 0 Å². The van der Waals surface area contributed by atoms with Gasteiger partial charge in [-0.05, 0) is 36.8 Å². The number of nitrogens with zero attached hydrogens (tertiary/aromatic N) is 2. The number of anilines is 1. The highest BCUT2D eigenvalue weighted by Gasteiger charge is 2.06. The summed E-state index contributed by atoms with van der Waals surface area (Å²) in [6.45, 7) is 0.670. The number of aryl methyl sites for hydroxylation is 1. The van der Waals surface area contributed by atoms with Crippen molar-refractivity contribution in [2.75, 3.05) is 18.3 Å². The van der Waals surface area contributed by atoms with Gasteiger partial charge in [-0.2, -0.15) is 13.5 Å². The highest BCUT2D eigenvalue weighted by atomic mass is 32.2. The van der Waals surface area contributed by atoms with Crippen molar-refractivity contribution in [1.82, 2.24) is 0 Å². The Balaban J connectivity index is 1.85. The Morgan fingerprint density at radius 2 is 2.00 bits per heavy atom. The van der Waals surface area contributed by atoms with Gasteiger partial charge in [-0.1, -0.05) is 0 Å². The number of hydrazone groups is 1. The predicted molar refractivity (Wildman–Crippen MR) is 96.5 cm³/mol. The smallest absolute Gasteiger partial charge is 0.264 e. The van der Waals surface area contributed by atoms with Crippen molar-refractivity contribution in [3.8, 4) is 5.75 Å². The molecule has 2 N–H and O–H groups in total. The van der Waals surface area contributed by atoms with Crippen molar-refractivity contribution in [3.05, 3.63) is 54.4 Å². The van der Waals surface area contributed by atoms with Crippen LogP contribution in [0.1, 0.15) is 18.4 Å². The topological polar surface area (TPSA) is 91.9 Å². The van der Waals surface area contributed by atoms with Crippen molar-refractivity contribution >= 4 is 22.0 Å². The molecule has 7 nitrogen and oxygen atoms in total. The molecule has 0 bridgehead atoms. The van der Waals surface area contributed by atoms with E-state index in [-0.39, 0.29) is 5.75 Å². The number of aromatic nitrogens is 1. The SMILES string of the molecule is COc1ccc(N/N=C/c2ccc[n+](CCCCS(=O)(=O)O)c2)cc1. The van der Waals surface area contributed by atoms with Crippen molar-refractivity contribution in [1.29, 1.82) is 0 Å². The van der Waals surface area contributed by atoms with Gasteiger partial charge in [0, 0.05) is 12.5 Å². The van der Waals surface area contributed by atoms with E-state index < -0.39 is 10.1 Å². The maximum absolute atomic E-state index is 10.7. The Hall–Kier alpha value is -2.45. The summed E-state index contributed by atoms with van der Waals surface area (Å²) in [5.41, 5.74) is 4.71. The van der Waals surface area contributed by atoms with Crippen molar-refractivity contribution in [2.24, 2.45) is 5.10 Å². The fourth-order valence-electron chi connectivity index (χ4n) is 2.18. The first-order chi connectivity index (χ1) is 12.0. The minimum atomic E-state index is -3.88. The largest absolute Gasteiger partial charge is 0.497 e. The molecule has 1 heterocycles. The average molecular weight is 364 g/mol. The monoisotopic (exact) mass is 364 g/mol. The second kappa shape index (κ2) is 9.14. The van der Waals surface area contributed by atoms with Crippen LogP contribution in [0.4, 0.5) is 5.69 Å². The van der Waals surface area contributed by atoms with Crippen LogP contribution in [-0.2, 0) is 16.7 Å². The van der Waals surface area contributed by atoms with E-state index in [1.165, 1.54) is 0 Å². The zero-order valence-electron chi connectivity index (χ0n) is 14.0. The number of benzene rings is 1. The fourth-order valence-corrected chi connectivity index (χ4v) is 2.75. The number of hydrogen-bond donors (Lipinski definition) is 2. The third-order valence-electron chi connectivity index (χ3n) is 3.45. The van der Waals surface area contributed by atoms with E-state index in [0.29, 0.717) is 19.4 Å². The minimum absolute atomic E-state index is 0.208. The normalized spacial score (nSPS) is 11.6.